The molecule has 1 aromatic carbocycles. The van der Waals surface area contributed by atoms with Gasteiger partial charge in [-0.3, -0.25) is 4.79 Å². The van der Waals surface area contributed by atoms with Crippen molar-refractivity contribution in [3.05, 3.63) is 58.4 Å². The van der Waals surface area contributed by atoms with Gasteiger partial charge in [-0.2, -0.15) is 5.26 Å². The molecule has 6 nitrogen and oxygen atoms in total. The van der Waals surface area contributed by atoms with Crippen molar-refractivity contribution in [2.45, 2.75) is 25.8 Å². The van der Waals surface area contributed by atoms with E-state index in [1.54, 1.807) is 6.20 Å². The number of imidazole rings is 1. The normalized spacial score (nSPS) is 17.1. The molecule has 0 unspecified atom stereocenters. The zero-order valence-corrected chi connectivity index (χ0v) is 14.1. The molecule has 2 aromatic heterocycles. The van der Waals surface area contributed by atoms with Crippen molar-refractivity contribution in [2.24, 2.45) is 0 Å². The third-order valence-corrected chi connectivity index (χ3v) is 5.00. The molecule has 0 aliphatic carbocycles. The van der Waals surface area contributed by atoms with Crippen molar-refractivity contribution >= 4 is 16.6 Å². The third-order valence-electron chi connectivity index (χ3n) is 5.00. The van der Waals surface area contributed by atoms with Crippen molar-refractivity contribution in [1.29, 1.82) is 5.26 Å². The topological polar surface area (TPSA) is 77.7 Å². The maximum atomic E-state index is 12.4. The SMILES string of the molecule is CCc1ccc2[nH]c(=O)c(C#N)c(N3CC[C@@H](n4ccnc4)C3)c2c1. The molecule has 3 heterocycles. The Labute approximate surface area is 145 Å². The van der Waals surface area contributed by atoms with Gasteiger partial charge >= 0.3 is 0 Å². The Morgan fingerprint density at radius 1 is 1.44 bits per heavy atom. The number of aromatic nitrogens is 3. The molecule has 1 N–H and O–H groups in total. The van der Waals surface area contributed by atoms with Crippen molar-refractivity contribution in [3.63, 3.8) is 0 Å². The molecular weight excluding hydrogens is 314 g/mol. The molecule has 3 aromatic rings. The number of nitrogens with zero attached hydrogens (tertiary/aromatic N) is 4. The summed E-state index contributed by atoms with van der Waals surface area (Å²) in [5, 5.41) is 10.5. The van der Waals surface area contributed by atoms with Gasteiger partial charge < -0.3 is 14.5 Å². The molecule has 6 heteroatoms. The van der Waals surface area contributed by atoms with E-state index >= 15 is 0 Å². The van der Waals surface area contributed by atoms with E-state index < -0.39 is 0 Å². The smallest absolute Gasteiger partial charge is 0.268 e. The predicted molar refractivity (Wildman–Crippen MR) is 96.8 cm³/mol. The van der Waals surface area contributed by atoms with Gasteiger partial charge in [0, 0.05) is 30.9 Å². The van der Waals surface area contributed by atoms with Gasteiger partial charge in [-0.05, 0) is 30.5 Å². The molecule has 0 bridgehead atoms. The molecule has 0 spiro atoms. The first-order valence-corrected chi connectivity index (χ1v) is 8.52. The Kier molecular flexibility index (Phi) is 3.77. The van der Waals surface area contributed by atoms with Crippen molar-refractivity contribution in [2.75, 3.05) is 18.0 Å². The summed E-state index contributed by atoms with van der Waals surface area (Å²) in [7, 11) is 0. The van der Waals surface area contributed by atoms with E-state index in [4.69, 9.17) is 0 Å². The van der Waals surface area contributed by atoms with E-state index in [2.05, 4.69) is 38.5 Å². The summed E-state index contributed by atoms with van der Waals surface area (Å²) < 4.78 is 2.10. The highest BCUT2D eigenvalue weighted by molar-refractivity contribution is 5.95. The second-order valence-electron chi connectivity index (χ2n) is 6.42. The molecule has 4 rings (SSSR count). The fourth-order valence-corrected chi connectivity index (χ4v) is 3.65. The molecule has 126 valence electrons. The fraction of sp³-hybridized carbons (Fsp3) is 0.316. The molecule has 1 fully saturated rings. The summed E-state index contributed by atoms with van der Waals surface area (Å²) in [6, 6.07) is 8.46. The van der Waals surface area contributed by atoms with Crippen molar-refractivity contribution < 1.29 is 0 Å². The number of benzene rings is 1. The number of aryl methyl sites for hydroxylation is 1. The van der Waals surface area contributed by atoms with Gasteiger partial charge in [-0.15, -0.1) is 0 Å². The molecule has 1 aliphatic heterocycles. The minimum atomic E-state index is -0.319. The third kappa shape index (κ3) is 2.58. The number of hydrogen-bond acceptors (Lipinski definition) is 4. The second-order valence-corrected chi connectivity index (χ2v) is 6.42. The number of nitriles is 1. The van der Waals surface area contributed by atoms with Crippen LogP contribution in [-0.4, -0.2) is 27.6 Å². The first-order valence-electron chi connectivity index (χ1n) is 8.52. The highest BCUT2D eigenvalue weighted by atomic mass is 16.1. The minimum Gasteiger partial charge on any atom is -0.368 e. The summed E-state index contributed by atoms with van der Waals surface area (Å²) in [4.78, 5) is 21.5. The van der Waals surface area contributed by atoms with Gasteiger partial charge in [-0.25, -0.2) is 4.98 Å². The van der Waals surface area contributed by atoms with Crippen LogP contribution in [0.5, 0.6) is 0 Å². The number of hydrogen-bond donors (Lipinski definition) is 1. The van der Waals surface area contributed by atoms with E-state index in [9.17, 15) is 10.1 Å². The highest BCUT2D eigenvalue weighted by Crippen LogP contribution is 2.33. The molecule has 0 amide bonds. The van der Waals surface area contributed by atoms with Gasteiger partial charge in [0.2, 0.25) is 0 Å². The van der Waals surface area contributed by atoms with Gasteiger partial charge in [0.05, 0.1) is 23.6 Å². The first-order chi connectivity index (χ1) is 12.2. The van der Waals surface area contributed by atoms with Crippen LogP contribution >= 0.6 is 0 Å². The molecule has 25 heavy (non-hydrogen) atoms. The molecule has 1 atom stereocenters. The Morgan fingerprint density at radius 2 is 2.32 bits per heavy atom. The average molecular weight is 333 g/mol. The number of pyridine rings is 1. The predicted octanol–water partition coefficient (Wildman–Crippen LogP) is 2.61. The van der Waals surface area contributed by atoms with E-state index in [1.165, 1.54) is 5.56 Å². The summed E-state index contributed by atoms with van der Waals surface area (Å²) >= 11 is 0. The lowest BCUT2D eigenvalue weighted by Crippen LogP contribution is -2.25. The molecule has 0 radical (unpaired) electrons. The number of fused-ring (bicyclic) bond motifs is 1. The van der Waals surface area contributed by atoms with Crippen LogP contribution in [0, 0.1) is 11.3 Å². The highest BCUT2D eigenvalue weighted by Gasteiger charge is 2.28. The summed E-state index contributed by atoms with van der Waals surface area (Å²) in [6.45, 7) is 3.68. The Morgan fingerprint density at radius 3 is 3.04 bits per heavy atom. The van der Waals surface area contributed by atoms with Crippen LogP contribution in [-0.2, 0) is 6.42 Å². The van der Waals surface area contributed by atoms with E-state index in [0.717, 1.165) is 42.5 Å². The number of aromatic amines is 1. The largest absolute Gasteiger partial charge is 0.368 e. The monoisotopic (exact) mass is 333 g/mol. The Bertz CT molecular complexity index is 1010. The van der Waals surface area contributed by atoms with Crippen LogP contribution in [0.25, 0.3) is 10.9 Å². The van der Waals surface area contributed by atoms with Crippen molar-refractivity contribution in [1.82, 2.24) is 14.5 Å². The summed E-state index contributed by atoms with van der Waals surface area (Å²) in [6.07, 6.45) is 7.44. The number of H-pyrrole nitrogens is 1. The van der Waals surface area contributed by atoms with E-state index in [0.29, 0.717) is 6.04 Å². The van der Waals surface area contributed by atoms with Crippen LogP contribution in [0.2, 0.25) is 0 Å². The second kappa shape index (κ2) is 6.10. The molecule has 0 saturated carbocycles. The maximum Gasteiger partial charge on any atom is 0.268 e. The Balaban J connectivity index is 1.85. The zero-order valence-electron chi connectivity index (χ0n) is 14.1. The van der Waals surface area contributed by atoms with Crippen LogP contribution in [0.3, 0.4) is 0 Å². The van der Waals surface area contributed by atoms with E-state index in [1.807, 2.05) is 24.7 Å². The first kappa shape index (κ1) is 15.5. The van der Waals surface area contributed by atoms with E-state index in [-0.39, 0.29) is 11.1 Å². The quantitative estimate of drug-likeness (QED) is 0.799. The number of rotatable bonds is 3. The summed E-state index contributed by atoms with van der Waals surface area (Å²) in [5.74, 6) is 0. The van der Waals surface area contributed by atoms with Gasteiger partial charge in [0.25, 0.3) is 5.56 Å². The Hall–Kier alpha value is -3.07. The van der Waals surface area contributed by atoms with Crippen LogP contribution in [0.1, 0.15) is 30.5 Å². The van der Waals surface area contributed by atoms with Gasteiger partial charge in [0.1, 0.15) is 11.6 Å². The maximum absolute atomic E-state index is 12.4. The van der Waals surface area contributed by atoms with Crippen LogP contribution in [0.4, 0.5) is 5.69 Å². The lowest BCUT2D eigenvalue weighted by Gasteiger charge is -2.22. The molecule has 1 aliphatic rings. The van der Waals surface area contributed by atoms with Gasteiger partial charge in [-0.1, -0.05) is 13.0 Å². The standard InChI is InChI=1S/C19H19N5O/c1-2-13-3-4-17-15(9-13)18(16(10-20)19(25)22-17)23-7-5-14(11-23)24-8-6-21-12-24/h3-4,6,8-9,12,14H,2,5,7,11H2,1H3,(H,22,25)/t14-/m1/s1. The fourth-order valence-electron chi connectivity index (χ4n) is 3.65. The van der Waals surface area contributed by atoms with Gasteiger partial charge in [0.15, 0.2) is 0 Å². The minimum absolute atomic E-state index is 0.201. The molecular formula is C19H19N5O. The van der Waals surface area contributed by atoms with Crippen molar-refractivity contribution in [3.8, 4) is 6.07 Å². The summed E-state index contributed by atoms with van der Waals surface area (Å²) in [5.41, 5.74) is 2.61. The lowest BCUT2D eigenvalue weighted by atomic mass is 10.0. The number of anilines is 1. The molecule has 1 saturated heterocycles. The lowest BCUT2D eigenvalue weighted by molar-refractivity contribution is 0.552. The number of nitrogens with one attached hydrogen (secondary N) is 1. The van der Waals surface area contributed by atoms with Crippen LogP contribution < -0.4 is 10.5 Å². The zero-order chi connectivity index (χ0) is 17.4. The van der Waals surface area contributed by atoms with Crippen LogP contribution in [0.15, 0.2) is 41.7 Å². The average Bonchev–Trinajstić information content (AvgIpc) is 3.31.